The van der Waals surface area contributed by atoms with Crippen molar-refractivity contribution in [2.24, 2.45) is 0 Å². The number of phenols is 1. The zero-order valence-corrected chi connectivity index (χ0v) is 14.7. The van der Waals surface area contributed by atoms with Crippen molar-refractivity contribution < 1.29 is 18.3 Å². The highest BCUT2D eigenvalue weighted by Crippen LogP contribution is 2.23. The molecule has 0 atom stereocenters. The third-order valence-electron chi connectivity index (χ3n) is 4.31. The van der Waals surface area contributed by atoms with Crippen LogP contribution in [-0.2, 0) is 10.0 Å². The lowest BCUT2D eigenvalue weighted by molar-refractivity contribution is 0.0698. The minimum atomic E-state index is -3.21. The van der Waals surface area contributed by atoms with Gasteiger partial charge >= 0.3 is 0 Å². The molecule has 7 heteroatoms. The maximum Gasteiger partial charge on any atom is 0.253 e. The second-order valence-corrected chi connectivity index (χ2v) is 8.06. The molecule has 0 aromatic heterocycles. The van der Waals surface area contributed by atoms with Gasteiger partial charge in [0.1, 0.15) is 5.75 Å². The maximum absolute atomic E-state index is 12.7. The first-order chi connectivity index (χ1) is 11.8. The fourth-order valence-corrected chi connectivity index (χ4v) is 3.72. The normalized spacial score (nSPS) is 16.0. The van der Waals surface area contributed by atoms with Crippen LogP contribution in [-0.4, -0.2) is 61.1 Å². The van der Waals surface area contributed by atoms with Gasteiger partial charge in [-0.3, -0.25) is 4.79 Å². The highest BCUT2D eigenvalue weighted by molar-refractivity contribution is 7.88. The molecule has 1 aliphatic heterocycles. The number of rotatable bonds is 3. The number of hydrogen-bond donors (Lipinski definition) is 1. The van der Waals surface area contributed by atoms with E-state index in [1.165, 1.54) is 10.6 Å². The molecule has 1 N–H and O–H groups in total. The third-order valence-corrected chi connectivity index (χ3v) is 5.61. The molecule has 25 heavy (non-hydrogen) atoms. The number of phenolic OH excluding ortho intramolecular Hbond substituents is 1. The number of hydrogen-bond acceptors (Lipinski definition) is 4. The second-order valence-electron chi connectivity index (χ2n) is 6.08. The van der Waals surface area contributed by atoms with Crippen molar-refractivity contribution >= 4 is 15.9 Å². The molecule has 2 aromatic carbocycles. The number of carbonyl (C=O) groups is 1. The van der Waals surface area contributed by atoms with Gasteiger partial charge in [-0.2, -0.15) is 4.31 Å². The molecule has 0 aliphatic carbocycles. The van der Waals surface area contributed by atoms with E-state index < -0.39 is 10.0 Å². The van der Waals surface area contributed by atoms with Gasteiger partial charge in [-0.1, -0.05) is 24.3 Å². The van der Waals surface area contributed by atoms with E-state index in [1.54, 1.807) is 35.2 Å². The van der Waals surface area contributed by atoms with Crippen LogP contribution in [0.15, 0.2) is 48.5 Å². The van der Waals surface area contributed by atoms with E-state index in [0.29, 0.717) is 31.7 Å². The van der Waals surface area contributed by atoms with Crippen LogP contribution in [0.5, 0.6) is 5.75 Å². The molecular formula is C18H20N2O4S. The van der Waals surface area contributed by atoms with E-state index in [0.717, 1.165) is 11.1 Å². The summed E-state index contributed by atoms with van der Waals surface area (Å²) >= 11 is 0. The lowest BCUT2D eigenvalue weighted by atomic mass is 10.0. The summed E-state index contributed by atoms with van der Waals surface area (Å²) in [6.45, 7) is 1.41. The van der Waals surface area contributed by atoms with Crippen molar-refractivity contribution in [2.75, 3.05) is 32.4 Å². The van der Waals surface area contributed by atoms with Gasteiger partial charge in [0.05, 0.1) is 6.26 Å². The van der Waals surface area contributed by atoms with Crippen LogP contribution in [0.4, 0.5) is 0 Å². The minimum Gasteiger partial charge on any atom is -0.508 e. The monoisotopic (exact) mass is 360 g/mol. The number of nitrogens with zero attached hydrogens (tertiary/aromatic N) is 2. The first-order valence-electron chi connectivity index (χ1n) is 7.98. The van der Waals surface area contributed by atoms with Gasteiger partial charge in [0.15, 0.2) is 0 Å². The molecular weight excluding hydrogens is 340 g/mol. The van der Waals surface area contributed by atoms with Crippen LogP contribution < -0.4 is 0 Å². The van der Waals surface area contributed by atoms with Crippen LogP contribution >= 0.6 is 0 Å². The SMILES string of the molecule is CS(=O)(=O)N1CCN(C(=O)c2cccc(-c3ccc(O)cc3)c2)CC1. The smallest absolute Gasteiger partial charge is 0.253 e. The first-order valence-corrected chi connectivity index (χ1v) is 9.83. The van der Waals surface area contributed by atoms with E-state index in [1.807, 2.05) is 18.2 Å². The van der Waals surface area contributed by atoms with Crippen LogP contribution in [0.2, 0.25) is 0 Å². The molecule has 1 amide bonds. The molecule has 1 aliphatic rings. The Balaban J connectivity index is 1.75. The first kappa shape index (κ1) is 17.4. The number of sulfonamides is 1. The summed E-state index contributed by atoms with van der Waals surface area (Å²) in [4.78, 5) is 14.4. The summed E-state index contributed by atoms with van der Waals surface area (Å²) < 4.78 is 24.5. The van der Waals surface area contributed by atoms with Crippen molar-refractivity contribution in [1.29, 1.82) is 0 Å². The molecule has 3 rings (SSSR count). The van der Waals surface area contributed by atoms with Crippen molar-refractivity contribution in [3.8, 4) is 16.9 Å². The largest absolute Gasteiger partial charge is 0.508 e. The lowest BCUT2D eigenvalue weighted by Crippen LogP contribution is -2.50. The summed E-state index contributed by atoms with van der Waals surface area (Å²) in [5.74, 6) is 0.0912. The number of amides is 1. The van der Waals surface area contributed by atoms with Gasteiger partial charge in [-0.25, -0.2) is 8.42 Å². The Labute approximate surface area is 147 Å². The fraction of sp³-hybridized carbons (Fsp3) is 0.278. The van der Waals surface area contributed by atoms with E-state index in [9.17, 15) is 18.3 Å². The summed E-state index contributed by atoms with van der Waals surface area (Å²) in [5.41, 5.74) is 2.37. The topological polar surface area (TPSA) is 77.9 Å². The number of carbonyl (C=O) groups excluding carboxylic acids is 1. The van der Waals surface area contributed by atoms with E-state index in [4.69, 9.17) is 0 Å². The van der Waals surface area contributed by atoms with Crippen LogP contribution in [0.25, 0.3) is 11.1 Å². The van der Waals surface area contributed by atoms with E-state index >= 15 is 0 Å². The molecule has 2 aromatic rings. The van der Waals surface area contributed by atoms with Gasteiger partial charge in [0, 0.05) is 31.7 Å². The Hall–Kier alpha value is -2.38. The summed E-state index contributed by atoms with van der Waals surface area (Å²) in [6.07, 6.45) is 1.19. The van der Waals surface area contributed by atoms with Gasteiger partial charge in [-0.05, 0) is 35.4 Å². The standard InChI is InChI=1S/C18H20N2O4S/c1-25(23,24)20-11-9-19(10-12-20)18(22)16-4-2-3-15(13-16)14-5-7-17(21)8-6-14/h2-8,13,21H,9-12H2,1H3. The molecule has 0 spiro atoms. The lowest BCUT2D eigenvalue weighted by Gasteiger charge is -2.33. The van der Waals surface area contributed by atoms with Crippen molar-refractivity contribution in [2.45, 2.75) is 0 Å². The summed E-state index contributed by atoms with van der Waals surface area (Å²) in [6, 6.07) is 14.1. The molecule has 1 fully saturated rings. The van der Waals surface area contributed by atoms with E-state index in [2.05, 4.69) is 0 Å². The van der Waals surface area contributed by atoms with Gasteiger partial charge < -0.3 is 10.0 Å². The minimum absolute atomic E-state index is 0.103. The molecule has 6 nitrogen and oxygen atoms in total. The van der Waals surface area contributed by atoms with Crippen molar-refractivity contribution in [3.05, 3.63) is 54.1 Å². The second kappa shape index (κ2) is 6.85. The molecule has 0 unspecified atom stereocenters. The Bertz CT molecular complexity index is 870. The Morgan fingerprint density at radius 2 is 1.60 bits per heavy atom. The number of aromatic hydroxyl groups is 1. The molecule has 132 valence electrons. The van der Waals surface area contributed by atoms with E-state index in [-0.39, 0.29) is 11.7 Å². The molecule has 0 bridgehead atoms. The Morgan fingerprint density at radius 3 is 2.20 bits per heavy atom. The van der Waals surface area contributed by atoms with Crippen LogP contribution in [0.1, 0.15) is 10.4 Å². The van der Waals surface area contributed by atoms with Crippen LogP contribution in [0.3, 0.4) is 0 Å². The number of benzene rings is 2. The Kier molecular flexibility index (Phi) is 4.78. The molecule has 1 heterocycles. The average molecular weight is 360 g/mol. The fourth-order valence-electron chi connectivity index (χ4n) is 2.89. The Morgan fingerprint density at radius 1 is 0.960 bits per heavy atom. The highest BCUT2D eigenvalue weighted by atomic mass is 32.2. The zero-order chi connectivity index (χ0) is 18.0. The molecule has 0 radical (unpaired) electrons. The quantitative estimate of drug-likeness (QED) is 0.905. The third kappa shape index (κ3) is 4.00. The predicted octanol–water partition coefficient (Wildman–Crippen LogP) is 1.78. The predicted molar refractivity (Wildman–Crippen MR) is 95.9 cm³/mol. The highest BCUT2D eigenvalue weighted by Gasteiger charge is 2.26. The molecule has 0 saturated carbocycles. The van der Waals surface area contributed by atoms with Crippen molar-refractivity contribution in [1.82, 2.24) is 9.21 Å². The maximum atomic E-state index is 12.7. The molecule has 1 saturated heterocycles. The van der Waals surface area contributed by atoms with Gasteiger partial charge in [-0.15, -0.1) is 0 Å². The van der Waals surface area contributed by atoms with Gasteiger partial charge in [0.25, 0.3) is 5.91 Å². The van der Waals surface area contributed by atoms with Crippen LogP contribution in [0, 0.1) is 0 Å². The zero-order valence-electron chi connectivity index (χ0n) is 13.9. The van der Waals surface area contributed by atoms with Gasteiger partial charge in [0.2, 0.25) is 10.0 Å². The number of piperazine rings is 1. The van der Waals surface area contributed by atoms with Crippen molar-refractivity contribution in [3.63, 3.8) is 0 Å². The average Bonchev–Trinajstić information content (AvgIpc) is 2.61. The summed E-state index contributed by atoms with van der Waals surface area (Å²) in [7, 11) is -3.21. The summed E-state index contributed by atoms with van der Waals surface area (Å²) in [5, 5.41) is 9.39.